The first-order chi connectivity index (χ1) is 21.3. The Morgan fingerprint density at radius 3 is 2.53 bits per heavy atom. The molecule has 1 aromatic rings. The lowest BCUT2D eigenvalue weighted by Gasteiger charge is -2.28. The molecule has 3 fully saturated rings. The van der Waals surface area contributed by atoms with Crippen LogP contribution < -0.4 is 15.4 Å². The zero-order valence-electron chi connectivity index (χ0n) is 25.0. The number of halogens is 1. The van der Waals surface area contributed by atoms with Gasteiger partial charge in [-0.05, 0) is 50.8 Å². The molecule has 45 heavy (non-hydrogen) atoms. The number of benzene rings is 1. The molecule has 0 radical (unpaired) electrons. The topological polar surface area (TPSA) is 171 Å². The van der Waals surface area contributed by atoms with Crippen LogP contribution in [-0.4, -0.2) is 83.5 Å². The monoisotopic (exact) mass is 645 g/mol. The highest BCUT2D eigenvalue weighted by atomic mass is 32.2. The minimum Gasteiger partial charge on any atom is -0.444 e. The van der Waals surface area contributed by atoms with Crippen molar-refractivity contribution < 1.29 is 41.5 Å². The second-order valence-corrected chi connectivity index (χ2v) is 13.9. The van der Waals surface area contributed by atoms with E-state index in [0.29, 0.717) is 24.0 Å². The summed E-state index contributed by atoms with van der Waals surface area (Å²) in [4.78, 5) is 68.1. The minimum absolute atomic E-state index is 0.00152. The summed E-state index contributed by atoms with van der Waals surface area (Å²) in [6.07, 6.45) is 3.32. The van der Waals surface area contributed by atoms with Gasteiger partial charge in [-0.1, -0.05) is 24.3 Å². The first kappa shape index (κ1) is 32.1. The number of carbonyl (C=O) groups is 5. The molecular formula is C30H36FN5O8S. The Kier molecular flexibility index (Phi) is 8.75. The number of fused-ring (bicyclic) bond motifs is 1. The molecule has 0 aromatic heterocycles. The summed E-state index contributed by atoms with van der Waals surface area (Å²) < 4.78 is 46.9. The number of rotatable bonds is 10. The van der Waals surface area contributed by atoms with E-state index in [0.717, 1.165) is 0 Å². The number of ether oxygens (including phenoxy) is 1. The van der Waals surface area contributed by atoms with Gasteiger partial charge in [0.1, 0.15) is 29.5 Å². The van der Waals surface area contributed by atoms with Gasteiger partial charge < -0.3 is 20.3 Å². The average molecular weight is 646 g/mol. The van der Waals surface area contributed by atoms with E-state index >= 15 is 0 Å². The van der Waals surface area contributed by atoms with E-state index < -0.39 is 80.5 Å². The Bertz CT molecular complexity index is 1580. The summed E-state index contributed by atoms with van der Waals surface area (Å²) in [5.41, 5.74) is -0.553. The van der Waals surface area contributed by atoms with Gasteiger partial charge in [-0.3, -0.25) is 28.8 Å². The van der Waals surface area contributed by atoms with E-state index in [1.54, 1.807) is 19.1 Å². The number of sulfonamides is 1. The fourth-order valence-electron chi connectivity index (χ4n) is 5.84. The third kappa shape index (κ3) is 6.58. The smallest absolute Gasteiger partial charge is 0.410 e. The standard InChI is InChI=1S/C30H36FN5O8S/c1-4-7-25(37)32-17(3)27(39)36-15-20(44-29(41)35-14-18-8-6-9-23(31)22(18)16-35)12-24(36)26(38)33-30(13-19(30)5-2)28(40)34-45(42,43)21-10-11-21/h4-9,17,19-21,24H,2,10-16H2,1,3H3,(H,32,37)(H,33,38)(H,34,40)/t17-,19-,20-,24+,30-/m1/s1. The molecule has 15 heteroatoms. The van der Waals surface area contributed by atoms with Crippen LogP contribution in [0.5, 0.6) is 0 Å². The lowest BCUT2D eigenvalue weighted by Crippen LogP contribution is -2.58. The molecule has 4 aliphatic rings. The fraction of sp³-hybridized carbons (Fsp3) is 0.500. The maximum Gasteiger partial charge on any atom is 0.410 e. The summed E-state index contributed by atoms with van der Waals surface area (Å²) in [5.74, 6) is -3.79. The van der Waals surface area contributed by atoms with Crippen molar-refractivity contribution in [3.05, 3.63) is 60.0 Å². The molecule has 5 rings (SSSR count). The Hall–Kier alpha value is -4.27. The van der Waals surface area contributed by atoms with Crippen molar-refractivity contribution in [2.24, 2.45) is 5.92 Å². The third-order valence-electron chi connectivity index (χ3n) is 8.60. The molecule has 2 saturated carbocycles. The van der Waals surface area contributed by atoms with Crippen molar-refractivity contribution in [3.63, 3.8) is 0 Å². The molecule has 1 saturated heterocycles. The van der Waals surface area contributed by atoms with Gasteiger partial charge in [0.25, 0.3) is 5.91 Å². The molecule has 0 bridgehead atoms. The predicted molar refractivity (Wildman–Crippen MR) is 158 cm³/mol. The maximum absolute atomic E-state index is 14.2. The highest BCUT2D eigenvalue weighted by molar-refractivity contribution is 7.91. The number of carbonyl (C=O) groups excluding carboxylic acids is 5. The quantitative estimate of drug-likeness (QED) is 0.250. The lowest BCUT2D eigenvalue weighted by atomic mass is 10.1. The Morgan fingerprint density at radius 1 is 1.18 bits per heavy atom. The summed E-state index contributed by atoms with van der Waals surface area (Å²) in [5, 5.41) is 4.52. The lowest BCUT2D eigenvalue weighted by molar-refractivity contribution is -0.141. The predicted octanol–water partition coefficient (Wildman–Crippen LogP) is 0.998. The number of hydrogen-bond donors (Lipinski definition) is 3. The summed E-state index contributed by atoms with van der Waals surface area (Å²) in [6, 6.07) is 2.28. The van der Waals surface area contributed by atoms with Crippen LogP contribution in [0.4, 0.5) is 9.18 Å². The van der Waals surface area contributed by atoms with Gasteiger partial charge in [-0.2, -0.15) is 0 Å². The van der Waals surface area contributed by atoms with Gasteiger partial charge in [0, 0.05) is 24.4 Å². The summed E-state index contributed by atoms with van der Waals surface area (Å²) in [6.45, 7) is 6.70. The first-order valence-electron chi connectivity index (χ1n) is 14.8. The zero-order chi connectivity index (χ0) is 32.7. The largest absolute Gasteiger partial charge is 0.444 e. The van der Waals surface area contributed by atoms with Gasteiger partial charge in [-0.15, -0.1) is 6.58 Å². The second kappa shape index (κ2) is 12.3. The van der Waals surface area contributed by atoms with Crippen molar-refractivity contribution in [2.45, 2.75) is 81.6 Å². The van der Waals surface area contributed by atoms with Crippen molar-refractivity contribution >= 4 is 39.7 Å². The van der Waals surface area contributed by atoms with Crippen molar-refractivity contribution in [1.82, 2.24) is 25.2 Å². The summed E-state index contributed by atoms with van der Waals surface area (Å²) in [7, 11) is -3.90. The second-order valence-electron chi connectivity index (χ2n) is 11.9. The molecule has 3 N–H and O–H groups in total. The number of likely N-dealkylation sites (tertiary alicyclic amines) is 1. The number of nitrogens with one attached hydrogen (secondary N) is 3. The molecule has 2 aliphatic heterocycles. The van der Waals surface area contributed by atoms with Crippen LogP contribution in [0.1, 0.15) is 50.7 Å². The van der Waals surface area contributed by atoms with E-state index in [1.807, 2.05) is 0 Å². The van der Waals surface area contributed by atoms with E-state index in [2.05, 4.69) is 21.9 Å². The van der Waals surface area contributed by atoms with Crippen molar-refractivity contribution in [3.8, 4) is 0 Å². The molecule has 0 spiro atoms. The van der Waals surface area contributed by atoms with Crippen LogP contribution in [0.2, 0.25) is 0 Å². The zero-order valence-corrected chi connectivity index (χ0v) is 25.8. The van der Waals surface area contributed by atoms with Crippen LogP contribution in [0.25, 0.3) is 0 Å². The van der Waals surface area contributed by atoms with E-state index in [9.17, 15) is 36.8 Å². The first-order valence-corrected chi connectivity index (χ1v) is 16.3. The third-order valence-corrected chi connectivity index (χ3v) is 10.4. The number of nitrogens with zero attached hydrogens (tertiary/aromatic N) is 2. The summed E-state index contributed by atoms with van der Waals surface area (Å²) >= 11 is 0. The van der Waals surface area contributed by atoms with Gasteiger partial charge in [-0.25, -0.2) is 17.6 Å². The van der Waals surface area contributed by atoms with Crippen molar-refractivity contribution in [2.75, 3.05) is 6.54 Å². The number of hydrogen-bond acceptors (Lipinski definition) is 8. The molecule has 5 atom stereocenters. The van der Waals surface area contributed by atoms with Crippen LogP contribution >= 0.6 is 0 Å². The SMILES string of the molecule is C=C[C@@H]1C[C@]1(NC(=O)[C@@H]1C[C@@H](OC(=O)N2Cc3cccc(F)c3C2)CN1C(=O)[C@@H](C)NC(=O)C=CC)C(=O)NS(=O)(=O)C1CC1. The molecule has 242 valence electrons. The fourth-order valence-corrected chi connectivity index (χ4v) is 7.21. The van der Waals surface area contributed by atoms with Crippen LogP contribution in [0, 0.1) is 11.7 Å². The highest BCUT2D eigenvalue weighted by Gasteiger charge is 2.62. The molecule has 5 amide bonds. The molecular weight excluding hydrogens is 609 g/mol. The van der Waals surface area contributed by atoms with Gasteiger partial charge in [0.15, 0.2) is 0 Å². The Morgan fingerprint density at radius 2 is 1.91 bits per heavy atom. The van der Waals surface area contributed by atoms with Crippen LogP contribution in [-0.2, 0) is 47.0 Å². The van der Waals surface area contributed by atoms with Gasteiger partial charge in [0.05, 0.1) is 18.3 Å². The Balaban J connectivity index is 1.32. The van der Waals surface area contributed by atoms with Gasteiger partial charge >= 0.3 is 6.09 Å². The van der Waals surface area contributed by atoms with E-state index in [1.165, 1.54) is 41.0 Å². The van der Waals surface area contributed by atoms with E-state index in [-0.39, 0.29) is 32.5 Å². The molecule has 2 aliphatic carbocycles. The van der Waals surface area contributed by atoms with Crippen LogP contribution in [0.3, 0.4) is 0 Å². The normalized spacial score (nSPS) is 26.2. The van der Waals surface area contributed by atoms with Gasteiger partial charge in [0.2, 0.25) is 27.7 Å². The maximum atomic E-state index is 14.2. The van der Waals surface area contributed by atoms with Crippen molar-refractivity contribution in [1.29, 1.82) is 0 Å². The van der Waals surface area contributed by atoms with E-state index in [4.69, 9.17) is 4.74 Å². The van der Waals surface area contributed by atoms with Crippen LogP contribution in [0.15, 0.2) is 43.0 Å². The molecule has 13 nitrogen and oxygen atoms in total. The molecule has 1 aromatic carbocycles. The molecule has 2 heterocycles. The molecule has 0 unspecified atom stereocenters. The number of allylic oxidation sites excluding steroid dienone is 1. The highest BCUT2D eigenvalue weighted by Crippen LogP contribution is 2.45. The minimum atomic E-state index is -3.90. The number of amides is 5. The average Bonchev–Trinajstić information content (AvgIpc) is 3.87. The Labute approximate surface area is 260 Å².